The lowest BCUT2D eigenvalue weighted by Gasteiger charge is -2.11. The quantitative estimate of drug-likeness (QED) is 0.694. The van der Waals surface area contributed by atoms with E-state index in [0.29, 0.717) is 0 Å². The molecule has 0 spiro atoms. The predicted molar refractivity (Wildman–Crippen MR) is 91.3 cm³/mol. The van der Waals surface area contributed by atoms with Crippen LogP contribution in [0.2, 0.25) is 0 Å². The van der Waals surface area contributed by atoms with Gasteiger partial charge in [-0.1, -0.05) is 61.2 Å². The molecule has 0 aliphatic heterocycles. The highest BCUT2D eigenvalue weighted by molar-refractivity contribution is 8.13. The van der Waals surface area contributed by atoms with Crippen LogP contribution in [0.1, 0.15) is 18.4 Å². The van der Waals surface area contributed by atoms with Gasteiger partial charge in [-0.3, -0.25) is 4.79 Å². The summed E-state index contributed by atoms with van der Waals surface area (Å²) < 4.78 is 0. The minimum atomic E-state index is -0.177. The van der Waals surface area contributed by atoms with Gasteiger partial charge in [0.1, 0.15) is 5.75 Å². The molecule has 0 radical (unpaired) electrons. The van der Waals surface area contributed by atoms with Crippen LogP contribution in [0, 0.1) is 0 Å². The summed E-state index contributed by atoms with van der Waals surface area (Å²) in [6, 6.07) is 20.9. The molecule has 1 atom stereocenters. The Labute approximate surface area is 133 Å². The molecule has 0 aliphatic carbocycles. The Kier molecular flexibility index (Phi) is 4.16. The molecule has 110 valence electrons. The number of carbonyl (C=O) groups is 1. The minimum Gasteiger partial charge on any atom is -0.508 e. The molecule has 0 heterocycles. The Morgan fingerprint density at radius 3 is 2.41 bits per heavy atom. The van der Waals surface area contributed by atoms with E-state index in [0.717, 1.165) is 21.2 Å². The fourth-order valence-electron chi connectivity index (χ4n) is 2.35. The van der Waals surface area contributed by atoms with Crippen molar-refractivity contribution < 1.29 is 9.90 Å². The molecule has 0 bridgehead atoms. The summed E-state index contributed by atoms with van der Waals surface area (Å²) in [6.07, 6.45) is 0. The minimum absolute atomic E-state index is 0.129. The number of thioether (sulfide) groups is 1. The first kappa shape index (κ1) is 14.7. The Hall–Kier alpha value is -2.26. The number of aromatic hydroxyl groups is 1. The Balaban J connectivity index is 1.83. The van der Waals surface area contributed by atoms with Gasteiger partial charge in [0.15, 0.2) is 0 Å². The van der Waals surface area contributed by atoms with Crippen molar-refractivity contribution in [1.82, 2.24) is 0 Å². The number of phenols is 1. The molecule has 0 saturated carbocycles. The van der Waals surface area contributed by atoms with Crippen LogP contribution in [0.3, 0.4) is 0 Å². The molecule has 0 fully saturated rings. The Morgan fingerprint density at radius 2 is 1.64 bits per heavy atom. The van der Waals surface area contributed by atoms with Gasteiger partial charge < -0.3 is 5.11 Å². The molecular weight excluding hydrogens is 292 g/mol. The molecule has 0 aromatic heterocycles. The number of hydrogen-bond acceptors (Lipinski definition) is 3. The van der Waals surface area contributed by atoms with Crippen molar-refractivity contribution in [1.29, 1.82) is 0 Å². The smallest absolute Gasteiger partial charge is 0.200 e. The number of fused-ring (bicyclic) bond motifs is 1. The maximum atomic E-state index is 12.4. The third kappa shape index (κ3) is 3.15. The lowest BCUT2D eigenvalue weighted by atomic mass is 9.99. The lowest BCUT2D eigenvalue weighted by molar-refractivity contribution is -0.111. The molecule has 2 nitrogen and oxygen atoms in total. The maximum absolute atomic E-state index is 12.4. The largest absolute Gasteiger partial charge is 0.508 e. The van der Waals surface area contributed by atoms with Gasteiger partial charge in [0.05, 0.1) is 5.92 Å². The fourth-order valence-corrected chi connectivity index (χ4v) is 3.19. The van der Waals surface area contributed by atoms with Crippen molar-refractivity contribution in [2.24, 2.45) is 0 Å². The molecule has 1 N–H and O–H groups in total. The Morgan fingerprint density at radius 1 is 0.955 bits per heavy atom. The van der Waals surface area contributed by atoms with Gasteiger partial charge in [0, 0.05) is 4.90 Å². The van der Waals surface area contributed by atoms with Gasteiger partial charge in [-0.25, -0.2) is 0 Å². The number of hydrogen-bond donors (Lipinski definition) is 1. The Bertz CT molecular complexity index is 812. The molecule has 3 heteroatoms. The average Bonchev–Trinajstić information content (AvgIpc) is 2.54. The van der Waals surface area contributed by atoms with Gasteiger partial charge >= 0.3 is 0 Å². The van der Waals surface area contributed by atoms with Gasteiger partial charge in [0.2, 0.25) is 5.12 Å². The summed E-state index contributed by atoms with van der Waals surface area (Å²) >= 11 is 1.28. The van der Waals surface area contributed by atoms with E-state index >= 15 is 0 Å². The van der Waals surface area contributed by atoms with E-state index in [9.17, 15) is 9.90 Å². The van der Waals surface area contributed by atoms with Crippen molar-refractivity contribution >= 4 is 27.6 Å². The summed E-state index contributed by atoms with van der Waals surface area (Å²) in [5, 5.41) is 11.6. The van der Waals surface area contributed by atoms with Crippen molar-refractivity contribution in [3.8, 4) is 5.75 Å². The molecule has 22 heavy (non-hydrogen) atoms. The normalized spacial score (nSPS) is 12.2. The molecule has 3 rings (SSSR count). The highest BCUT2D eigenvalue weighted by atomic mass is 32.2. The van der Waals surface area contributed by atoms with E-state index in [2.05, 4.69) is 0 Å². The van der Waals surface area contributed by atoms with Crippen LogP contribution in [-0.4, -0.2) is 10.2 Å². The van der Waals surface area contributed by atoms with E-state index in [1.54, 1.807) is 12.1 Å². The second kappa shape index (κ2) is 6.24. The monoisotopic (exact) mass is 308 g/mol. The van der Waals surface area contributed by atoms with Crippen molar-refractivity contribution in [3.05, 3.63) is 72.3 Å². The van der Waals surface area contributed by atoms with Gasteiger partial charge in [-0.05, 0) is 40.6 Å². The molecule has 0 saturated heterocycles. The summed E-state index contributed by atoms with van der Waals surface area (Å²) in [5.41, 5.74) is 0.992. The van der Waals surface area contributed by atoms with Crippen LogP contribution in [-0.2, 0) is 4.79 Å². The summed E-state index contributed by atoms with van der Waals surface area (Å²) in [7, 11) is 0. The van der Waals surface area contributed by atoms with E-state index in [1.165, 1.54) is 11.8 Å². The molecule has 3 aromatic carbocycles. The number of phenolic OH excluding ortho intramolecular Hbond substituents is 1. The highest BCUT2D eigenvalue weighted by Crippen LogP contribution is 2.30. The topological polar surface area (TPSA) is 37.3 Å². The second-order valence-electron chi connectivity index (χ2n) is 5.25. The van der Waals surface area contributed by atoms with Gasteiger partial charge in [0.25, 0.3) is 0 Å². The van der Waals surface area contributed by atoms with Crippen LogP contribution in [0.15, 0.2) is 71.6 Å². The standard InChI is InChI=1S/C19H16O2S/c1-13(19(21)22-18-5-3-2-4-6-18)14-7-8-16-12-17(20)10-9-15(16)11-14/h2-13,20H,1H3. The molecule has 0 amide bonds. The van der Waals surface area contributed by atoms with E-state index in [-0.39, 0.29) is 16.8 Å². The van der Waals surface area contributed by atoms with Crippen molar-refractivity contribution in [2.75, 3.05) is 0 Å². The second-order valence-corrected chi connectivity index (χ2v) is 6.32. The van der Waals surface area contributed by atoms with E-state index < -0.39 is 0 Å². The van der Waals surface area contributed by atoms with Crippen molar-refractivity contribution in [3.63, 3.8) is 0 Å². The van der Waals surface area contributed by atoms with E-state index in [1.807, 2.05) is 61.5 Å². The van der Waals surface area contributed by atoms with Crippen LogP contribution in [0.5, 0.6) is 5.75 Å². The summed E-state index contributed by atoms with van der Waals surface area (Å²) in [6.45, 7) is 1.93. The predicted octanol–water partition coefficient (Wildman–Crippen LogP) is 4.97. The van der Waals surface area contributed by atoms with Crippen molar-refractivity contribution in [2.45, 2.75) is 17.7 Å². The lowest BCUT2D eigenvalue weighted by Crippen LogP contribution is -2.04. The van der Waals surface area contributed by atoms with Crippen LogP contribution in [0.25, 0.3) is 10.8 Å². The van der Waals surface area contributed by atoms with Gasteiger partial charge in [-0.2, -0.15) is 0 Å². The summed E-state index contributed by atoms with van der Waals surface area (Å²) in [4.78, 5) is 13.4. The number of benzene rings is 3. The van der Waals surface area contributed by atoms with Gasteiger partial charge in [-0.15, -0.1) is 0 Å². The molecule has 0 aliphatic rings. The maximum Gasteiger partial charge on any atom is 0.200 e. The van der Waals surface area contributed by atoms with E-state index in [4.69, 9.17) is 0 Å². The third-order valence-corrected chi connectivity index (χ3v) is 4.73. The molecule has 3 aromatic rings. The van der Waals surface area contributed by atoms with Crippen LogP contribution < -0.4 is 0 Å². The highest BCUT2D eigenvalue weighted by Gasteiger charge is 2.17. The first-order valence-electron chi connectivity index (χ1n) is 7.13. The number of rotatable bonds is 3. The molecule has 1 unspecified atom stereocenters. The first-order chi connectivity index (χ1) is 10.6. The first-order valence-corrected chi connectivity index (χ1v) is 7.94. The third-order valence-electron chi connectivity index (χ3n) is 3.66. The fraction of sp³-hybridized carbons (Fsp3) is 0.105. The zero-order valence-corrected chi connectivity index (χ0v) is 13.0. The van der Waals surface area contributed by atoms with Crippen LogP contribution in [0.4, 0.5) is 0 Å². The SMILES string of the molecule is CC(C(=O)Sc1ccccc1)c1ccc2cc(O)ccc2c1. The zero-order chi connectivity index (χ0) is 15.5. The zero-order valence-electron chi connectivity index (χ0n) is 12.2. The molecular formula is C19H16O2S. The average molecular weight is 308 g/mol. The number of carbonyl (C=O) groups excluding carboxylic acids is 1. The van der Waals surface area contributed by atoms with Crippen LogP contribution >= 0.6 is 11.8 Å². The summed E-state index contributed by atoms with van der Waals surface area (Å²) in [5.74, 6) is 0.0763.